The second-order valence-electron chi connectivity index (χ2n) is 8.69. The SMILES string of the molecule is Cc1cccc(-n2nc(C(C)(C)C)cc2NC(=O)CCc2nc(-c3ccccn3)no2)c1. The van der Waals surface area contributed by atoms with Crippen molar-refractivity contribution in [1.29, 1.82) is 0 Å². The minimum absolute atomic E-state index is 0.153. The molecule has 8 nitrogen and oxygen atoms in total. The van der Waals surface area contributed by atoms with Gasteiger partial charge in [0.25, 0.3) is 0 Å². The van der Waals surface area contributed by atoms with Gasteiger partial charge in [-0.05, 0) is 36.8 Å². The average Bonchev–Trinajstić information content (AvgIpc) is 3.40. The van der Waals surface area contributed by atoms with Gasteiger partial charge in [0.15, 0.2) is 0 Å². The van der Waals surface area contributed by atoms with Gasteiger partial charge in [-0.15, -0.1) is 0 Å². The molecule has 0 atom stereocenters. The van der Waals surface area contributed by atoms with E-state index >= 15 is 0 Å². The monoisotopic (exact) mass is 430 g/mol. The fraction of sp³-hybridized carbons (Fsp3) is 0.292. The molecule has 8 heteroatoms. The quantitative estimate of drug-likeness (QED) is 0.484. The molecule has 3 heterocycles. The molecule has 0 saturated carbocycles. The molecule has 4 rings (SSSR count). The number of amides is 1. The van der Waals surface area contributed by atoms with Crippen molar-refractivity contribution in [2.24, 2.45) is 0 Å². The van der Waals surface area contributed by atoms with Crippen LogP contribution in [0.4, 0.5) is 5.82 Å². The van der Waals surface area contributed by atoms with Crippen LogP contribution in [0.3, 0.4) is 0 Å². The lowest BCUT2D eigenvalue weighted by Crippen LogP contribution is -2.15. The van der Waals surface area contributed by atoms with E-state index in [-0.39, 0.29) is 17.7 Å². The highest BCUT2D eigenvalue weighted by atomic mass is 16.5. The van der Waals surface area contributed by atoms with Crippen LogP contribution in [0.5, 0.6) is 0 Å². The van der Waals surface area contributed by atoms with E-state index in [2.05, 4.69) is 41.2 Å². The lowest BCUT2D eigenvalue weighted by atomic mass is 9.92. The van der Waals surface area contributed by atoms with Crippen molar-refractivity contribution in [3.63, 3.8) is 0 Å². The molecule has 0 bridgehead atoms. The summed E-state index contributed by atoms with van der Waals surface area (Å²) >= 11 is 0. The van der Waals surface area contributed by atoms with Crippen LogP contribution in [0, 0.1) is 6.92 Å². The number of hydrogen-bond donors (Lipinski definition) is 1. The van der Waals surface area contributed by atoms with Gasteiger partial charge >= 0.3 is 0 Å². The summed E-state index contributed by atoms with van der Waals surface area (Å²) in [6.07, 6.45) is 2.20. The summed E-state index contributed by atoms with van der Waals surface area (Å²) < 4.78 is 7.05. The van der Waals surface area contributed by atoms with Crippen LogP contribution >= 0.6 is 0 Å². The van der Waals surface area contributed by atoms with E-state index in [1.54, 1.807) is 16.9 Å². The highest BCUT2D eigenvalue weighted by molar-refractivity contribution is 5.90. The summed E-state index contributed by atoms with van der Waals surface area (Å²) in [6.45, 7) is 8.31. The Labute approximate surface area is 186 Å². The Hall–Kier alpha value is -3.81. The number of benzene rings is 1. The molecule has 0 saturated heterocycles. The number of nitrogens with zero attached hydrogens (tertiary/aromatic N) is 5. The third-order valence-corrected chi connectivity index (χ3v) is 4.92. The van der Waals surface area contributed by atoms with Gasteiger partial charge in [-0.1, -0.05) is 44.1 Å². The summed E-state index contributed by atoms with van der Waals surface area (Å²) in [4.78, 5) is 21.3. The topological polar surface area (TPSA) is 98.7 Å². The maximum Gasteiger partial charge on any atom is 0.227 e. The van der Waals surface area contributed by atoms with Gasteiger partial charge in [-0.2, -0.15) is 10.1 Å². The number of anilines is 1. The van der Waals surface area contributed by atoms with E-state index in [0.717, 1.165) is 16.9 Å². The lowest BCUT2D eigenvalue weighted by molar-refractivity contribution is -0.116. The zero-order chi connectivity index (χ0) is 22.7. The van der Waals surface area contributed by atoms with Crippen molar-refractivity contribution in [3.05, 3.63) is 71.9 Å². The first-order chi connectivity index (χ1) is 15.3. The van der Waals surface area contributed by atoms with E-state index < -0.39 is 0 Å². The van der Waals surface area contributed by atoms with Crippen LogP contribution in [0.1, 0.15) is 44.3 Å². The van der Waals surface area contributed by atoms with Crippen molar-refractivity contribution < 1.29 is 9.32 Å². The summed E-state index contributed by atoms with van der Waals surface area (Å²) in [5.74, 6) is 1.28. The Morgan fingerprint density at radius 1 is 1.12 bits per heavy atom. The molecule has 1 amide bonds. The van der Waals surface area contributed by atoms with Gasteiger partial charge in [0.1, 0.15) is 11.5 Å². The summed E-state index contributed by atoms with van der Waals surface area (Å²) in [6, 6.07) is 15.4. The van der Waals surface area contributed by atoms with Gasteiger partial charge < -0.3 is 9.84 Å². The van der Waals surface area contributed by atoms with Crippen LogP contribution in [0.2, 0.25) is 0 Å². The zero-order valence-electron chi connectivity index (χ0n) is 18.7. The number of aryl methyl sites for hydroxylation is 2. The predicted octanol–water partition coefficient (Wildman–Crippen LogP) is 4.49. The van der Waals surface area contributed by atoms with Crippen LogP contribution in [-0.2, 0) is 16.6 Å². The highest BCUT2D eigenvalue weighted by Crippen LogP contribution is 2.26. The zero-order valence-corrected chi connectivity index (χ0v) is 18.7. The molecule has 0 fully saturated rings. The Morgan fingerprint density at radius 2 is 1.97 bits per heavy atom. The van der Waals surface area contributed by atoms with Crippen molar-refractivity contribution in [1.82, 2.24) is 24.9 Å². The van der Waals surface area contributed by atoms with Crippen molar-refractivity contribution in [2.45, 2.75) is 46.0 Å². The molecule has 32 heavy (non-hydrogen) atoms. The van der Waals surface area contributed by atoms with Gasteiger partial charge in [0, 0.05) is 30.5 Å². The maximum absolute atomic E-state index is 12.7. The van der Waals surface area contributed by atoms with Crippen molar-refractivity contribution in [3.8, 4) is 17.2 Å². The van der Waals surface area contributed by atoms with E-state index in [4.69, 9.17) is 9.62 Å². The highest BCUT2D eigenvalue weighted by Gasteiger charge is 2.22. The van der Waals surface area contributed by atoms with Crippen LogP contribution in [0.15, 0.2) is 59.3 Å². The van der Waals surface area contributed by atoms with E-state index in [0.29, 0.717) is 29.6 Å². The Balaban J connectivity index is 1.48. The number of hydrogen-bond acceptors (Lipinski definition) is 6. The molecular formula is C24H26N6O2. The number of rotatable bonds is 6. The molecule has 0 aliphatic rings. The molecule has 164 valence electrons. The standard InChI is InChI=1S/C24H26N6O2/c1-16-8-7-9-17(14-16)30-20(15-19(28-30)24(2,3)4)26-21(31)11-12-22-27-23(29-32-22)18-10-5-6-13-25-18/h5-10,13-15H,11-12H2,1-4H3,(H,26,31). The summed E-state index contributed by atoms with van der Waals surface area (Å²) in [7, 11) is 0. The predicted molar refractivity (Wildman–Crippen MR) is 121 cm³/mol. The number of pyridine rings is 1. The Kier molecular flexibility index (Phi) is 5.85. The third kappa shape index (κ3) is 4.91. The fourth-order valence-corrected chi connectivity index (χ4v) is 3.17. The van der Waals surface area contributed by atoms with Crippen LogP contribution in [-0.4, -0.2) is 30.8 Å². The largest absolute Gasteiger partial charge is 0.339 e. The number of aromatic nitrogens is 5. The third-order valence-electron chi connectivity index (χ3n) is 4.92. The lowest BCUT2D eigenvalue weighted by Gasteiger charge is -2.14. The molecule has 0 radical (unpaired) electrons. The minimum Gasteiger partial charge on any atom is -0.339 e. The molecule has 3 aromatic heterocycles. The summed E-state index contributed by atoms with van der Waals surface area (Å²) in [5.41, 5.74) is 3.38. The van der Waals surface area contributed by atoms with Gasteiger partial charge in [0.05, 0.1) is 11.4 Å². The molecule has 1 N–H and O–H groups in total. The molecular weight excluding hydrogens is 404 g/mol. The van der Waals surface area contributed by atoms with Crippen molar-refractivity contribution in [2.75, 3.05) is 5.32 Å². The first-order valence-corrected chi connectivity index (χ1v) is 10.5. The normalized spacial score (nSPS) is 11.5. The van der Waals surface area contributed by atoms with E-state index in [1.807, 2.05) is 49.4 Å². The second-order valence-corrected chi connectivity index (χ2v) is 8.69. The van der Waals surface area contributed by atoms with E-state index in [9.17, 15) is 4.79 Å². The van der Waals surface area contributed by atoms with E-state index in [1.165, 1.54) is 0 Å². The maximum atomic E-state index is 12.7. The number of carbonyl (C=O) groups is 1. The van der Waals surface area contributed by atoms with Crippen LogP contribution in [0.25, 0.3) is 17.2 Å². The average molecular weight is 431 g/mol. The smallest absolute Gasteiger partial charge is 0.227 e. The Morgan fingerprint density at radius 3 is 2.69 bits per heavy atom. The minimum atomic E-state index is -0.156. The van der Waals surface area contributed by atoms with Crippen LogP contribution < -0.4 is 5.32 Å². The molecule has 0 aliphatic heterocycles. The Bertz CT molecular complexity index is 1220. The molecule has 4 aromatic rings. The van der Waals surface area contributed by atoms with Crippen molar-refractivity contribution >= 4 is 11.7 Å². The molecule has 0 spiro atoms. The van der Waals surface area contributed by atoms with Gasteiger partial charge in [-0.3, -0.25) is 9.78 Å². The molecule has 1 aromatic carbocycles. The number of carbonyl (C=O) groups excluding carboxylic acids is 1. The number of nitrogens with one attached hydrogen (secondary N) is 1. The first-order valence-electron chi connectivity index (χ1n) is 10.5. The van der Waals surface area contributed by atoms with Gasteiger partial charge in [-0.25, -0.2) is 4.68 Å². The molecule has 0 unspecified atom stereocenters. The summed E-state index contributed by atoms with van der Waals surface area (Å²) in [5, 5.41) is 11.7. The molecule has 0 aliphatic carbocycles. The van der Waals surface area contributed by atoms with Gasteiger partial charge in [0.2, 0.25) is 17.6 Å². The second kappa shape index (κ2) is 8.74. The first kappa shape index (κ1) is 21.4. The fourth-order valence-electron chi connectivity index (χ4n) is 3.17.